The number of halogens is 2. The third kappa shape index (κ3) is 4.58. The lowest BCUT2D eigenvalue weighted by molar-refractivity contribution is 0.262. The lowest BCUT2D eigenvalue weighted by Crippen LogP contribution is -2.19. The number of carbonyl (C=O) groups is 1. The largest absolute Gasteiger partial charge is 0.323 e. The van der Waals surface area contributed by atoms with Gasteiger partial charge >= 0.3 is 6.03 Å². The van der Waals surface area contributed by atoms with E-state index in [1.54, 1.807) is 71.7 Å². The van der Waals surface area contributed by atoms with Crippen molar-refractivity contribution < 1.29 is 9.18 Å². The van der Waals surface area contributed by atoms with Gasteiger partial charge in [0.25, 0.3) is 0 Å². The van der Waals surface area contributed by atoms with Crippen LogP contribution in [0.1, 0.15) is 0 Å². The number of nitrogens with zero attached hydrogens (tertiary/aromatic N) is 5. The van der Waals surface area contributed by atoms with Crippen LogP contribution >= 0.6 is 11.6 Å². The number of imidazole rings is 2. The molecule has 0 saturated carbocycles. The number of rotatable bonds is 5. The molecule has 2 N–H and O–H groups in total. The number of hydrogen-bond donors (Lipinski definition) is 2. The zero-order chi connectivity index (χ0) is 26.1. The number of fused-ring (bicyclic) bond motifs is 1. The maximum atomic E-state index is 14.6. The Morgan fingerprint density at radius 3 is 2.50 bits per heavy atom. The van der Waals surface area contributed by atoms with Gasteiger partial charge in [-0.05, 0) is 48.5 Å². The highest BCUT2D eigenvalue weighted by atomic mass is 35.5. The van der Waals surface area contributed by atoms with E-state index in [2.05, 4.69) is 20.6 Å². The van der Waals surface area contributed by atoms with Crippen molar-refractivity contribution >= 4 is 34.7 Å². The van der Waals surface area contributed by atoms with Gasteiger partial charge in [-0.15, -0.1) is 0 Å². The van der Waals surface area contributed by atoms with Gasteiger partial charge in [0.1, 0.15) is 11.6 Å². The third-order valence-electron chi connectivity index (χ3n) is 5.86. The lowest BCUT2D eigenvalue weighted by atomic mass is 10.1. The smallest absolute Gasteiger partial charge is 0.308 e. The highest BCUT2D eigenvalue weighted by Crippen LogP contribution is 2.28. The van der Waals surface area contributed by atoms with E-state index < -0.39 is 6.03 Å². The molecule has 0 atom stereocenters. The minimum Gasteiger partial charge on any atom is -0.308 e. The predicted octanol–water partition coefficient (Wildman–Crippen LogP) is 6.69. The van der Waals surface area contributed by atoms with Crippen molar-refractivity contribution in [1.82, 2.24) is 23.9 Å². The molecule has 38 heavy (non-hydrogen) atoms. The Morgan fingerprint density at radius 2 is 1.66 bits per heavy atom. The number of urea groups is 1. The summed E-state index contributed by atoms with van der Waals surface area (Å²) in [6.07, 6.45) is 8.65. The number of benzene rings is 3. The topological polar surface area (TPSA) is 89.1 Å². The number of carbonyl (C=O) groups excluding carboxylic acids is 1. The molecule has 0 aliphatic carbocycles. The van der Waals surface area contributed by atoms with Crippen molar-refractivity contribution in [2.45, 2.75) is 0 Å². The van der Waals surface area contributed by atoms with E-state index >= 15 is 0 Å². The number of nitrogens with one attached hydrogen (secondary N) is 2. The molecule has 2 amide bonds. The summed E-state index contributed by atoms with van der Waals surface area (Å²) in [5.41, 5.74) is 3.52. The number of hydrogen-bond acceptors (Lipinski definition) is 4. The molecule has 6 aromatic rings. The SMILES string of the molecule is O=C(Nc1ccc(Cl)cc1)Nc1cccc(-c2cn3ccnc3c(-n3ccnc3-c3ccccc3F)n2)c1. The summed E-state index contributed by atoms with van der Waals surface area (Å²) in [5, 5.41) is 6.20. The fraction of sp³-hybridized carbons (Fsp3) is 0. The molecule has 3 heterocycles. The minimum atomic E-state index is -0.392. The molecular formula is C28H19ClFN7O. The van der Waals surface area contributed by atoms with Crippen LogP contribution in [0, 0.1) is 5.82 Å². The maximum Gasteiger partial charge on any atom is 0.323 e. The molecule has 0 spiro atoms. The summed E-state index contributed by atoms with van der Waals surface area (Å²) >= 11 is 5.91. The monoisotopic (exact) mass is 523 g/mol. The van der Waals surface area contributed by atoms with Gasteiger partial charge in [0.05, 0.1) is 11.3 Å². The second kappa shape index (κ2) is 9.79. The molecular weight excluding hydrogens is 505 g/mol. The van der Waals surface area contributed by atoms with Gasteiger partial charge in [0, 0.05) is 52.9 Å². The van der Waals surface area contributed by atoms with E-state index in [1.807, 2.05) is 35.0 Å². The zero-order valence-corrected chi connectivity index (χ0v) is 20.5. The molecule has 0 saturated heterocycles. The molecule has 3 aromatic heterocycles. The van der Waals surface area contributed by atoms with Crippen molar-refractivity contribution in [2.24, 2.45) is 0 Å². The van der Waals surface area contributed by atoms with E-state index in [9.17, 15) is 9.18 Å². The minimum absolute atomic E-state index is 0.354. The first kappa shape index (κ1) is 23.4. The van der Waals surface area contributed by atoms with E-state index in [0.29, 0.717) is 44.9 Å². The van der Waals surface area contributed by atoms with E-state index in [4.69, 9.17) is 16.6 Å². The fourth-order valence-corrected chi connectivity index (χ4v) is 4.24. The second-order valence-corrected chi connectivity index (χ2v) is 8.81. The Labute approximate surface area is 221 Å². The van der Waals surface area contributed by atoms with Crippen molar-refractivity contribution in [3.63, 3.8) is 0 Å². The highest BCUT2D eigenvalue weighted by molar-refractivity contribution is 6.30. The second-order valence-electron chi connectivity index (χ2n) is 8.38. The van der Waals surface area contributed by atoms with Gasteiger partial charge in [-0.2, -0.15) is 0 Å². The average Bonchev–Trinajstić information content (AvgIpc) is 3.60. The Balaban J connectivity index is 1.35. The first-order valence-corrected chi connectivity index (χ1v) is 12.0. The summed E-state index contributed by atoms with van der Waals surface area (Å²) in [4.78, 5) is 26.3. The summed E-state index contributed by atoms with van der Waals surface area (Å²) in [6.45, 7) is 0. The lowest BCUT2D eigenvalue weighted by Gasteiger charge is -2.12. The molecule has 0 aliphatic rings. The number of aromatic nitrogens is 5. The number of anilines is 2. The van der Waals surface area contributed by atoms with E-state index in [0.717, 1.165) is 5.56 Å². The van der Waals surface area contributed by atoms with Crippen molar-refractivity contribution in [3.8, 4) is 28.5 Å². The summed E-state index contributed by atoms with van der Waals surface area (Å²) in [5.74, 6) is 0.514. The maximum absolute atomic E-state index is 14.6. The normalized spacial score (nSPS) is 11.0. The zero-order valence-electron chi connectivity index (χ0n) is 19.7. The molecule has 8 nitrogen and oxygen atoms in total. The van der Waals surface area contributed by atoms with Crippen LogP contribution in [0.3, 0.4) is 0 Å². The van der Waals surface area contributed by atoms with Gasteiger partial charge in [-0.25, -0.2) is 24.1 Å². The Bertz CT molecular complexity index is 1780. The Hall–Kier alpha value is -5.02. The Morgan fingerprint density at radius 1 is 0.868 bits per heavy atom. The highest BCUT2D eigenvalue weighted by Gasteiger charge is 2.17. The van der Waals surface area contributed by atoms with Crippen LogP contribution in [-0.4, -0.2) is 30.0 Å². The van der Waals surface area contributed by atoms with Crippen LogP contribution in [0.5, 0.6) is 0 Å². The van der Waals surface area contributed by atoms with Gasteiger partial charge in [0.15, 0.2) is 11.5 Å². The summed E-state index contributed by atoms with van der Waals surface area (Å²) in [7, 11) is 0. The van der Waals surface area contributed by atoms with Crippen LogP contribution in [0.4, 0.5) is 20.6 Å². The first-order valence-electron chi connectivity index (χ1n) is 11.6. The molecule has 6 rings (SSSR count). The van der Waals surface area contributed by atoms with E-state index in [-0.39, 0.29) is 5.82 Å². The van der Waals surface area contributed by atoms with Gasteiger partial charge in [0.2, 0.25) is 0 Å². The summed E-state index contributed by atoms with van der Waals surface area (Å²) in [6, 6.07) is 20.2. The predicted molar refractivity (Wildman–Crippen MR) is 145 cm³/mol. The fourth-order valence-electron chi connectivity index (χ4n) is 4.11. The van der Waals surface area contributed by atoms with E-state index in [1.165, 1.54) is 6.07 Å². The van der Waals surface area contributed by atoms with Crippen molar-refractivity contribution in [2.75, 3.05) is 10.6 Å². The summed E-state index contributed by atoms with van der Waals surface area (Å²) < 4.78 is 18.2. The number of amides is 2. The molecule has 0 fully saturated rings. The van der Waals surface area contributed by atoms with Gasteiger partial charge in [-0.1, -0.05) is 35.9 Å². The molecule has 0 bridgehead atoms. The molecule has 0 radical (unpaired) electrons. The Kier molecular flexibility index (Phi) is 6.03. The molecule has 0 unspecified atom stereocenters. The standard InChI is InChI=1S/C28H19ClFN7O/c29-19-8-10-20(11-9-19)33-28(38)34-21-5-3-4-18(16-21)24-17-36-14-12-32-26(36)27(35-24)37-15-13-31-25(37)22-6-1-2-7-23(22)30/h1-17H,(H2,33,34,38). The molecule has 3 aromatic carbocycles. The van der Waals surface area contributed by atoms with Crippen LogP contribution in [0.2, 0.25) is 5.02 Å². The van der Waals surface area contributed by atoms with Crippen molar-refractivity contribution in [1.29, 1.82) is 0 Å². The average molecular weight is 524 g/mol. The van der Waals surface area contributed by atoms with Gasteiger partial charge in [-0.3, -0.25) is 4.57 Å². The molecule has 10 heteroatoms. The first-order chi connectivity index (χ1) is 18.5. The van der Waals surface area contributed by atoms with Crippen LogP contribution in [0.25, 0.3) is 34.1 Å². The van der Waals surface area contributed by atoms with Crippen LogP contribution in [-0.2, 0) is 0 Å². The van der Waals surface area contributed by atoms with Crippen LogP contribution < -0.4 is 10.6 Å². The van der Waals surface area contributed by atoms with Crippen LogP contribution in [0.15, 0.2) is 104 Å². The van der Waals surface area contributed by atoms with Gasteiger partial charge < -0.3 is 15.0 Å². The third-order valence-corrected chi connectivity index (χ3v) is 6.11. The van der Waals surface area contributed by atoms with Crippen molar-refractivity contribution in [3.05, 3.63) is 115 Å². The quantitative estimate of drug-likeness (QED) is 0.263. The molecule has 0 aliphatic heterocycles. The molecule has 186 valence electrons.